The summed E-state index contributed by atoms with van der Waals surface area (Å²) in [4.78, 5) is 18.5. The van der Waals surface area contributed by atoms with Crippen molar-refractivity contribution >= 4 is 5.91 Å². The summed E-state index contributed by atoms with van der Waals surface area (Å²) in [5.41, 5.74) is -0.959. The maximum Gasteiger partial charge on any atom is 0.258 e. The highest BCUT2D eigenvalue weighted by Gasteiger charge is 2.46. The van der Waals surface area contributed by atoms with Gasteiger partial charge in [-0.1, -0.05) is 42.6 Å². The third kappa shape index (κ3) is 3.17. The molecule has 0 N–H and O–H groups in total. The summed E-state index contributed by atoms with van der Waals surface area (Å²) in [6.07, 6.45) is 5.46. The molecule has 1 saturated heterocycles. The van der Waals surface area contributed by atoms with E-state index in [0.29, 0.717) is 12.4 Å². The molecule has 4 rings (SSSR count). The molecule has 1 unspecified atom stereocenters. The molecule has 25 heavy (non-hydrogen) atoms. The summed E-state index contributed by atoms with van der Waals surface area (Å²) < 4.78 is 20.6. The molecule has 1 atom stereocenters. The number of carbonyl (C=O) groups is 1. The number of alkyl halides is 1. The highest BCUT2D eigenvalue weighted by atomic mass is 19.1. The maximum atomic E-state index is 15.4. The van der Waals surface area contributed by atoms with Crippen LogP contribution in [0.5, 0.6) is 0 Å². The average Bonchev–Trinajstić information content (AvgIpc) is 3.31. The molecule has 1 aromatic heterocycles. The zero-order chi connectivity index (χ0) is 17.3. The number of hydrogen-bond acceptors (Lipinski definition) is 4. The van der Waals surface area contributed by atoms with E-state index in [4.69, 9.17) is 4.52 Å². The van der Waals surface area contributed by atoms with Crippen LogP contribution in [-0.4, -0.2) is 34.0 Å². The molecule has 0 bridgehead atoms. The first kappa shape index (κ1) is 16.2. The minimum Gasteiger partial charge on any atom is -0.339 e. The second kappa shape index (κ2) is 6.58. The van der Waals surface area contributed by atoms with Crippen molar-refractivity contribution in [2.45, 2.75) is 44.2 Å². The van der Waals surface area contributed by atoms with E-state index in [2.05, 4.69) is 10.1 Å². The zero-order valence-corrected chi connectivity index (χ0v) is 14.2. The van der Waals surface area contributed by atoms with Gasteiger partial charge in [0.1, 0.15) is 0 Å². The summed E-state index contributed by atoms with van der Waals surface area (Å²) in [6, 6.07) is 9.31. The van der Waals surface area contributed by atoms with Crippen molar-refractivity contribution in [1.82, 2.24) is 15.0 Å². The van der Waals surface area contributed by atoms with E-state index >= 15 is 4.39 Å². The van der Waals surface area contributed by atoms with Crippen LogP contribution in [0, 0.1) is 5.92 Å². The number of halogens is 1. The molecule has 2 aliphatic rings. The van der Waals surface area contributed by atoms with Gasteiger partial charge in [-0.05, 0) is 25.0 Å². The van der Waals surface area contributed by atoms with Crippen LogP contribution in [0.4, 0.5) is 4.39 Å². The number of likely N-dealkylation sites (tertiary alicyclic amines) is 1. The number of aromatic nitrogens is 2. The molecule has 1 aliphatic heterocycles. The lowest BCUT2D eigenvalue weighted by atomic mass is 9.88. The molecule has 1 aliphatic carbocycles. The highest BCUT2D eigenvalue weighted by molar-refractivity contribution is 5.79. The highest BCUT2D eigenvalue weighted by Crippen LogP contribution is 2.37. The largest absolute Gasteiger partial charge is 0.339 e. The topological polar surface area (TPSA) is 59.2 Å². The molecule has 132 valence electrons. The number of rotatable bonds is 3. The van der Waals surface area contributed by atoms with Crippen LogP contribution in [0.1, 0.15) is 44.3 Å². The number of nitrogens with zero attached hydrogens (tertiary/aromatic N) is 3. The third-order valence-corrected chi connectivity index (χ3v) is 5.33. The van der Waals surface area contributed by atoms with E-state index in [0.717, 1.165) is 31.2 Å². The van der Waals surface area contributed by atoms with Gasteiger partial charge in [-0.15, -0.1) is 0 Å². The van der Waals surface area contributed by atoms with Crippen molar-refractivity contribution in [2.24, 2.45) is 5.92 Å². The monoisotopic (exact) mass is 343 g/mol. The van der Waals surface area contributed by atoms with E-state index in [-0.39, 0.29) is 30.6 Å². The number of amides is 1. The van der Waals surface area contributed by atoms with Gasteiger partial charge in [-0.3, -0.25) is 4.79 Å². The van der Waals surface area contributed by atoms with E-state index in [1.165, 1.54) is 6.42 Å². The van der Waals surface area contributed by atoms with Crippen LogP contribution in [0.15, 0.2) is 34.9 Å². The summed E-state index contributed by atoms with van der Waals surface area (Å²) in [7, 11) is 0. The lowest BCUT2D eigenvalue weighted by Gasteiger charge is -2.26. The van der Waals surface area contributed by atoms with Gasteiger partial charge < -0.3 is 9.42 Å². The average molecular weight is 343 g/mol. The fourth-order valence-corrected chi connectivity index (χ4v) is 3.85. The molecule has 5 nitrogen and oxygen atoms in total. The maximum absolute atomic E-state index is 15.4. The first-order valence-corrected chi connectivity index (χ1v) is 9.03. The van der Waals surface area contributed by atoms with Gasteiger partial charge in [0, 0.05) is 24.4 Å². The molecule has 1 aromatic carbocycles. The van der Waals surface area contributed by atoms with Crippen molar-refractivity contribution in [2.75, 3.05) is 13.1 Å². The predicted octanol–water partition coefficient (Wildman–Crippen LogP) is 3.71. The van der Waals surface area contributed by atoms with Gasteiger partial charge in [-0.2, -0.15) is 4.98 Å². The Labute approximate surface area is 146 Å². The van der Waals surface area contributed by atoms with Crippen molar-refractivity contribution in [3.63, 3.8) is 0 Å². The Morgan fingerprint density at radius 2 is 1.96 bits per heavy atom. The number of hydrogen-bond donors (Lipinski definition) is 0. The zero-order valence-electron chi connectivity index (χ0n) is 14.2. The molecular weight excluding hydrogens is 321 g/mol. The van der Waals surface area contributed by atoms with Gasteiger partial charge in [0.25, 0.3) is 5.89 Å². The fourth-order valence-electron chi connectivity index (χ4n) is 3.85. The van der Waals surface area contributed by atoms with Crippen molar-refractivity contribution in [3.8, 4) is 11.5 Å². The molecule has 2 heterocycles. The second-order valence-electron chi connectivity index (χ2n) is 7.10. The Balaban J connectivity index is 1.48. The standard InChI is InChI=1S/C19H22FN3O2/c20-19(18-21-16(25-22-18)14-7-3-1-4-8-14)11-12-23(13-19)17(24)15-9-5-2-6-10-15/h1,3-4,7-8,15H,2,5-6,9-13H2. The quantitative estimate of drug-likeness (QED) is 0.852. The summed E-state index contributed by atoms with van der Waals surface area (Å²) >= 11 is 0. The van der Waals surface area contributed by atoms with E-state index in [9.17, 15) is 4.79 Å². The SMILES string of the molecule is O=C(C1CCCCC1)N1CCC(F)(c2noc(-c3ccccc3)n2)C1. The molecule has 2 fully saturated rings. The summed E-state index contributed by atoms with van der Waals surface area (Å²) in [5.74, 6) is 0.502. The Kier molecular flexibility index (Phi) is 4.27. The molecule has 0 radical (unpaired) electrons. The van der Waals surface area contributed by atoms with E-state index in [1.807, 2.05) is 30.3 Å². The Morgan fingerprint density at radius 1 is 1.20 bits per heavy atom. The van der Waals surface area contributed by atoms with Gasteiger partial charge in [0.2, 0.25) is 11.7 Å². The van der Waals surface area contributed by atoms with Crippen LogP contribution in [-0.2, 0) is 10.5 Å². The Hall–Kier alpha value is -2.24. The van der Waals surface area contributed by atoms with Crippen molar-refractivity contribution < 1.29 is 13.7 Å². The predicted molar refractivity (Wildman–Crippen MR) is 90.3 cm³/mol. The van der Waals surface area contributed by atoms with Gasteiger partial charge >= 0.3 is 0 Å². The minimum absolute atomic E-state index is 0.0239. The normalized spacial score (nSPS) is 24.6. The van der Waals surface area contributed by atoms with Gasteiger partial charge in [0.15, 0.2) is 5.67 Å². The molecule has 1 amide bonds. The lowest BCUT2D eigenvalue weighted by Crippen LogP contribution is -2.37. The van der Waals surface area contributed by atoms with E-state index < -0.39 is 5.67 Å². The van der Waals surface area contributed by atoms with Crippen LogP contribution in [0.3, 0.4) is 0 Å². The fraction of sp³-hybridized carbons (Fsp3) is 0.526. The van der Waals surface area contributed by atoms with Crippen molar-refractivity contribution in [1.29, 1.82) is 0 Å². The summed E-state index contributed by atoms with van der Waals surface area (Å²) in [6.45, 7) is 0.442. The molecule has 6 heteroatoms. The molecule has 1 saturated carbocycles. The summed E-state index contributed by atoms with van der Waals surface area (Å²) in [5, 5.41) is 3.85. The first-order valence-electron chi connectivity index (χ1n) is 9.03. The Bertz CT molecular complexity index is 742. The second-order valence-corrected chi connectivity index (χ2v) is 7.10. The molecular formula is C19H22FN3O2. The molecule has 0 spiro atoms. The van der Waals surface area contributed by atoms with Crippen LogP contribution in [0.25, 0.3) is 11.5 Å². The van der Waals surface area contributed by atoms with Gasteiger partial charge in [-0.25, -0.2) is 4.39 Å². The van der Waals surface area contributed by atoms with E-state index in [1.54, 1.807) is 4.90 Å². The van der Waals surface area contributed by atoms with Crippen LogP contribution < -0.4 is 0 Å². The minimum atomic E-state index is -1.72. The van der Waals surface area contributed by atoms with Gasteiger partial charge in [0.05, 0.1) is 6.54 Å². The van der Waals surface area contributed by atoms with Crippen molar-refractivity contribution in [3.05, 3.63) is 36.2 Å². The third-order valence-electron chi connectivity index (χ3n) is 5.33. The smallest absolute Gasteiger partial charge is 0.258 e. The van der Waals surface area contributed by atoms with Crippen LogP contribution >= 0.6 is 0 Å². The number of benzene rings is 1. The first-order chi connectivity index (χ1) is 12.2. The van der Waals surface area contributed by atoms with Crippen LogP contribution in [0.2, 0.25) is 0 Å². The lowest BCUT2D eigenvalue weighted by molar-refractivity contribution is -0.136. The Morgan fingerprint density at radius 3 is 2.72 bits per heavy atom. The number of carbonyl (C=O) groups excluding carboxylic acids is 1. The molecule has 2 aromatic rings.